The van der Waals surface area contributed by atoms with Crippen LogP contribution in [0, 0.1) is 17.8 Å². The lowest BCUT2D eigenvalue weighted by Gasteiger charge is -2.37. The van der Waals surface area contributed by atoms with E-state index < -0.39 is 0 Å². The summed E-state index contributed by atoms with van der Waals surface area (Å²) in [7, 11) is -0.316. The molecule has 1 saturated carbocycles. The third kappa shape index (κ3) is 9.04. The first-order chi connectivity index (χ1) is 17.7. The molecule has 4 unspecified atom stereocenters. The molecule has 202 valence electrons. The minimum Gasteiger partial charge on any atom is -0.0839 e. The van der Waals surface area contributed by atoms with E-state index in [2.05, 4.69) is 69.3 Å². The molecule has 3 rings (SSSR count). The van der Waals surface area contributed by atoms with E-state index in [9.17, 15) is 0 Å². The molecule has 4 atom stereocenters. The molecule has 2 aliphatic carbocycles. The van der Waals surface area contributed by atoms with Gasteiger partial charge in [-0.25, -0.2) is 0 Å². The summed E-state index contributed by atoms with van der Waals surface area (Å²) in [6.45, 7) is 7.54. The molecule has 0 nitrogen and oxygen atoms in total. The fourth-order valence-electron chi connectivity index (χ4n) is 7.45. The third-order valence-corrected chi connectivity index (χ3v) is 12.6. The van der Waals surface area contributed by atoms with E-state index in [4.69, 9.17) is 0 Å². The first kappa shape index (κ1) is 29.5. The Morgan fingerprint density at radius 3 is 1.83 bits per heavy atom. The van der Waals surface area contributed by atoms with E-state index in [0.717, 1.165) is 17.8 Å². The molecule has 1 fully saturated rings. The summed E-state index contributed by atoms with van der Waals surface area (Å²) in [5, 5.41) is 2.19. The predicted octanol–water partition coefficient (Wildman–Crippen LogP) is 10.1. The lowest BCUT2D eigenvalue weighted by Crippen LogP contribution is -2.35. The second-order valence-corrected chi connectivity index (χ2v) is 15.2. The van der Waals surface area contributed by atoms with Crippen LogP contribution in [0.4, 0.5) is 0 Å². The standard InChI is InChI=1S/C35H58Si/c1-4-5-6-7-8-9-10-11-12-13-14-15-16-17-18-22-29-34-33-28-24-23-27-32(33)30(2)35(34,3)36-31-25-20-19-21-26-31/h19-21,23-27,30,33-34H,4-18,22,28-29,36H2,1-3H3. The quantitative estimate of drug-likeness (QED) is 0.129. The van der Waals surface area contributed by atoms with Crippen molar-refractivity contribution < 1.29 is 0 Å². The van der Waals surface area contributed by atoms with Crippen molar-refractivity contribution in [3.8, 4) is 0 Å². The van der Waals surface area contributed by atoms with Crippen molar-refractivity contribution in [3.05, 3.63) is 54.1 Å². The third-order valence-electron chi connectivity index (χ3n) is 9.86. The predicted molar refractivity (Wildman–Crippen MR) is 165 cm³/mol. The first-order valence-electron chi connectivity index (χ1n) is 16.1. The smallest absolute Gasteiger partial charge is 0.0616 e. The van der Waals surface area contributed by atoms with Crippen LogP contribution in [0.3, 0.4) is 0 Å². The number of rotatable bonds is 19. The van der Waals surface area contributed by atoms with Gasteiger partial charge in [0, 0.05) is 0 Å². The summed E-state index contributed by atoms with van der Waals surface area (Å²) in [5.74, 6) is 2.47. The van der Waals surface area contributed by atoms with Gasteiger partial charge in [-0.3, -0.25) is 0 Å². The monoisotopic (exact) mass is 506 g/mol. The van der Waals surface area contributed by atoms with E-state index in [-0.39, 0.29) is 9.52 Å². The van der Waals surface area contributed by atoms with Gasteiger partial charge in [0.1, 0.15) is 0 Å². The molecule has 0 amide bonds. The van der Waals surface area contributed by atoms with Gasteiger partial charge in [0.15, 0.2) is 0 Å². The van der Waals surface area contributed by atoms with E-state index in [1.165, 1.54) is 116 Å². The fourth-order valence-corrected chi connectivity index (χ4v) is 10.1. The normalized spacial score (nSPS) is 25.5. The van der Waals surface area contributed by atoms with Gasteiger partial charge in [0.05, 0.1) is 9.52 Å². The second-order valence-electron chi connectivity index (χ2n) is 12.5. The highest BCUT2D eigenvalue weighted by molar-refractivity contribution is 6.57. The Hall–Kier alpha value is -1.08. The topological polar surface area (TPSA) is 0 Å². The average molecular weight is 507 g/mol. The Morgan fingerprint density at radius 2 is 1.28 bits per heavy atom. The van der Waals surface area contributed by atoms with Crippen LogP contribution in [0.1, 0.15) is 136 Å². The second kappa shape index (κ2) is 16.7. The summed E-state index contributed by atoms with van der Waals surface area (Å²) < 4.78 is 0. The van der Waals surface area contributed by atoms with Gasteiger partial charge in [0.2, 0.25) is 0 Å². The van der Waals surface area contributed by atoms with Gasteiger partial charge >= 0.3 is 0 Å². The van der Waals surface area contributed by atoms with Crippen LogP contribution in [0.25, 0.3) is 0 Å². The van der Waals surface area contributed by atoms with E-state index in [0.29, 0.717) is 5.04 Å². The Morgan fingerprint density at radius 1 is 0.750 bits per heavy atom. The number of allylic oxidation sites excluding steroid dienone is 4. The van der Waals surface area contributed by atoms with Crippen molar-refractivity contribution in [1.82, 2.24) is 0 Å². The molecule has 36 heavy (non-hydrogen) atoms. The van der Waals surface area contributed by atoms with Crippen molar-refractivity contribution in [1.29, 1.82) is 0 Å². The van der Waals surface area contributed by atoms with Gasteiger partial charge in [-0.1, -0.05) is 183 Å². The zero-order chi connectivity index (χ0) is 25.5. The van der Waals surface area contributed by atoms with Gasteiger partial charge in [-0.15, -0.1) is 0 Å². The van der Waals surface area contributed by atoms with Crippen molar-refractivity contribution in [2.45, 2.75) is 141 Å². The van der Waals surface area contributed by atoms with Gasteiger partial charge in [0.25, 0.3) is 0 Å². The molecule has 1 aromatic rings. The number of hydrogen-bond donors (Lipinski definition) is 0. The maximum Gasteiger partial charge on any atom is 0.0616 e. The molecule has 0 N–H and O–H groups in total. The zero-order valence-electron chi connectivity index (χ0n) is 24.3. The van der Waals surface area contributed by atoms with Crippen LogP contribution in [0.5, 0.6) is 0 Å². The molecule has 0 radical (unpaired) electrons. The Kier molecular flexibility index (Phi) is 13.7. The van der Waals surface area contributed by atoms with Crippen LogP contribution in [-0.4, -0.2) is 9.52 Å². The van der Waals surface area contributed by atoms with Crippen molar-refractivity contribution in [2.75, 3.05) is 0 Å². The van der Waals surface area contributed by atoms with E-state index in [1.807, 2.05) is 0 Å². The molecule has 0 bridgehead atoms. The molecule has 0 saturated heterocycles. The van der Waals surface area contributed by atoms with E-state index in [1.54, 1.807) is 10.8 Å². The molecule has 1 heteroatoms. The number of hydrogen-bond acceptors (Lipinski definition) is 0. The van der Waals surface area contributed by atoms with Crippen LogP contribution >= 0.6 is 0 Å². The fraction of sp³-hybridized carbons (Fsp3) is 0.714. The number of benzene rings is 1. The Balaban J connectivity index is 1.29. The van der Waals surface area contributed by atoms with Crippen molar-refractivity contribution in [2.24, 2.45) is 17.8 Å². The highest BCUT2D eigenvalue weighted by Crippen LogP contribution is 2.61. The molecule has 0 spiro atoms. The minimum atomic E-state index is -0.316. The largest absolute Gasteiger partial charge is 0.0839 e. The Bertz CT molecular complexity index is 762. The lowest BCUT2D eigenvalue weighted by atomic mass is 9.81. The zero-order valence-corrected chi connectivity index (χ0v) is 25.7. The number of fused-ring (bicyclic) bond motifs is 1. The molecule has 0 aromatic heterocycles. The summed E-state index contributed by atoms with van der Waals surface area (Å²) in [5.41, 5.74) is 1.78. The summed E-state index contributed by atoms with van der Waals surface area (Å²) in [4.78, 5) is 0. The average Bonchev–Trinajstić information content (AvgIpc) is 3.10. The van der Waals surface area contributed by atoms with Crippen molar-refractivity contribution in [3.63, 3.8) is 0 Å². The van der Waals surface area contributed by atoms with Crippen LogP contribution in [-0.2, 0) is 0 Å². The molecule has 1 aromatic carbocycles. The van der Waals surface area contributed by atoms with Crippen LogP contribution in [0.2, 0.25) is 5.04 Å². The van der Waals surface area contributed by atoms with Crippen molar-refractivity contribution >= 4 is 14.7 Å². The lowest BCUT2D eigenvalue weighted by molar-refractivity contribution is 0.298. The summed E-state index contributed by atoms with van der Waals surface area (Å²) in [6, 6.07) is 11.5. The van der Waals surface area contributed by atoms with Crippen LogP contribution < -0.4 is 5.19 Å². The van der Waals surface area contributed by atoms with E-state index >= 15 is 0 Å². The highest BCUT2D eigenvalue weighted by Gasteiger charge is 2.51. The highest BCUT2D eigenvalue weighted by atomic mass is 28.2. The first-order valence-corrected chi connectivity index (χ1v) is 17.5. The molecule has 0 aliphatic heterocycles. The van der Waals surface area contributed by atoms with Gasteiger partial charge in [-0.2, -0.15) is 0 Å². The maximum atomic E-state index is 2.67. The minimum absolute atomic E-state index is 0.316. The molecular weight excluding hydrogens is 448 g/mol. The molecule has 0 heterocycles. The van der Waals surface area contributed by atoms with Gasteiger partial charge in [-0.05, 0) is 35.6 Å². The summed E-state index contributed by atoms with van der Waals surface area (Å²) >= 11 is 0. The number of unbranched alkanes of at least 4 members (excludes halogenated alkanes) is 15. The summed E-state index contributed by atoms with van der Waals surface area (Å²) in [6.07, 6.45) is 33.4. The maximum absolute atomic E-state index is 2.67. The van der Waals surface area contributed by atoms with Crippen LogP contribution in [0.15, 0.2) is 54.1 Å². The Labute approximate surface area is 227 Å². The SMILES string of the molecule is CCCCCCCCCCCCCCCCCCC1C2CC=CC=C2C(C)C1(C)[SiH2]c1ccccc1. The molecule has 2 aliphatic rings. The molecular formula is C35H58Si. The van der Waals surface area contributed by atoms with Gasteiger partial charge < -0.3 is 0 Å².